The number of amides is 2. The van der Waals surface area contributed by atoms with Crippen LogP contribution in [0.25, 0.3) is 0 Å². The summed E-state index contributed by atoms with van der Waals surface area (Å²) in [6, 6.07) is 4.39. The highest BCUT2D eigenvalue weighted by molar-refractivity contribution is 6.42. The van der Waals surface area contributed by atoms with Gasteiger partial charge >= 0.3 is 12.2 Å². The molecule has 0 bridgehead atoms. The van der Waals surface area contributed by atoms with Gasteiger partial charge in [0, 0.05) is 38.1 Å². The molecule has 12 heteroatoms. The maximum absolute atomic E-state index is 13.2. The molecular formula is C16H15Cl2F3N6O. The van der Waals surface area contributed by atoms with Crippen molar-refractivity contribution in [2.45, 2.75) is 6.18 Å². The predicted octanol–water partition coefficient (Wildman–Crippen LogP) is 3.98. The summed E-state index contributed by atoms with van der Waals surface area (Å²) in [4.78, 5) is 20.6. The average molecular weight is 435 g/mol. The molecule has 1 saturated heterocycles. The predicted molar refractivity (Wildman–Crippen MR) is 100 cm³/mol. The Balaban J connectivity index is 1.76. The van der Waals surface area contributed by atoms with E-state index >= 15 is 0 Å². The zero-order chi connectivity index (χ0) is 20.3. The summed E-state index contributed by atoms with van der Waals surface area (Å²) in [5.74, 6) is -0.433. The van der Waals surface area contributed by atoms with Crippen molar-refractivity contribution >= 4 is 46.7 Å². The second-order valence-electron chi connectivity index (χ2n) is 5.85. The molecule has 1 aliphatic heterocycles. The minimum atomic E-state index is -4.63. The Kier molecular flexibility index (Phi) is 5.99. The Morgan fingerprint density at radius 2 is 2.04 bits per heavy atom. The fourth-order valence-electron chi connectivity index (χ4n) is 2.52. The maximum atomic E-state index is 13.2. The van der Waals surface area contributed by atoms with Gasteiger partial charge in [0.25, 0.3) is 0 Å². The smallest absolute Gasteiger partial charge is 0.368 e. The van der Waals surface area contributed by atoms with Crippen molar-refractivity contribution in [2.75, 3.05) is 36.8 Å². The summed E-state index contributed by atoms with van der Waals surface area (Å²) in [6.07, 6.45) is -3.94. The molecule has 2 heterocycles. The van der Waals surface area contributed by atoms with Gasteiger partial charge in [0.05, 0.1) is 10.0 Å². The van der Waals surface area contributed by atoms with Crippen LogP contribution < -0.4 is 16.0 Å². The number of aromatic nitrogens is 2. The first-order chi connectivity index (χ1) is 13.2. The van der Waals surface area contributed by atoms with Gasteiger partial charge in [0.2, 0.25) is 5.95 Å². The molecule has 28 heavy (non-hydrogen) atoms. The number of carbonyl (C=O) groups excluding carboxylic acids is 1. The number of hydrogen-bond acceptors (Lipinski definition) is 5. The SMILES string of the molecule is O=C1NCCN1CCNc1nc(Nc2ccc(Cl)c(Cl)c2)ncc1C(F)(F)F. The Labute approximate surface area is 168 Å². The number of hydrogen-bond donors (Lipinski definition) is 3. The van der Waals surface area contributed by atoms with Gasteiger partial charge in [0.15, 0.2) is 0 Å². The lowest BCUT2D eigenvalue weighted by atomic mass is 10.3. The monoisotopic (exact) mass is 434 g/mol. The average Bonchev–Trinajstić information content (AvgIpc) is 3.02. The third-order valence-electron chi connectivity index (χ3n) is 3.89. The lowest BCUT2D eigenvalue weighted by Gasteiger charge is -2.17. The minimum absolute atomic E-state index is 0.0483. The molecule has 0 saturated carbocycles. The van der Waals surface area contributed by atoms with Crippen LogP contribution in [0.1, 0.15) is 5.56 Å². The summed E-state index contributed by atoms with van der Waals surface area (Å²) in [5, 5.41) is 8.66. The molecule has 3 rings (SSSR count). The highest BCUT2D eigenvalue weighted by Gasteiger charge is 2.35. The molecule has 0 spiro atoms. The number of halogens is 5. The van der Waals surface area contributed by atoms with Gasteiger partial charge in [-0.2, -0.15) is 18.2 Å². The summed E-state index contributed by atoms with van der Waals surface area (Å²) in [7, 11) is 0. The standard InChI is InChI=1S/C16H15Cl2F3N6O/c17-11-2-1-9(7-12(11)18)25-14-24-8-10(16(19,20)21)13(26-14)22-3-5-27-6-4-23-15(27)28/h1-2,7-8H,3-6H2,(H,23,28)(H2,22,24,25,26). The number of carbonyl (C=O) groups is 1. The van der Waals surface area contributed by atoms with Gasteiger partial charge in [0.1, 0.15) is 11.4 Å². The van der Waals surface area contributed by atoms with Crippen molar-refractivity contribution in [1.29, 1.82) is 0 Å². The number of nitrogens with one attached hydrogen (secondary N) is 3. The van der Waals surface area contributed by atoms with Gasteiger partial charge in [-0.05, 0) is 18.2 Å². The highest BCUT2D eigenvalue weighted by Crippen LogP contribution is 2.34. The second kappa shape index (κ2) is 8.27. The number of urea groups is 1. The Morgan fingerprint density at radius 1 is 1.25 bits per heavy atom. The van der Waals surface area contributed by atoms with Crippen LogP contribution in [0.4, 0.5) is 35.4 Å². The largest absolute Gasteiger partial charge is 0.421 e. The van der Waals surface area contributed by atoms with Crippen molar-refractivity contribution in [3.05, 3.63) is 40.0 Å². The molecule has 2 amide bonds. The first-order valence-electron chi connectivity index (χ1n) is 8.17. The van der Waals surface area contributed by atoms with Crippen molar-refractivity contribution in [1.82, 2.24) is 20.2 Å². The first-order valence-corrected chi connectivity index (χ1v) is 8.92. The van der Waals surface area contributed by atoms with Crippen molar-refractivity contribution in [2.24, 2.45) is 0 Å². The van der Waals surface area contributed by atoms with E-state index in [0.717, 1.165) is 0 Å². The Hall–Kier alpha value is -2.46. The van der Waals surface area contributed by atoms with Gasteiger partial charge in [-0.1, -0.05) is 23.2 Å². The van der Waals surface area contributed by atoms with Crippen molar-refractivity contribution < 1.29 is 18.0 Å². The highest BCUT2D eigenvalue weighted by atomic mass is 35.5. The summed E-state index contributed by atoms with van der Waals surface area (Å²) in [5.41, 5.74) is -0.535. The summed E-state index contributed by atoms with van der Waals surface area (Å²) >= 11 is 11.8. The number of nitrogens with zero attached hydrogens (tertiary/aromatic N) is 3. The van der Waals surface area contributed by atoms with Crippen molar-refractivity contribution in [3.63, 3.8) is 0 Å². The molecular weight excluding hydrogens is 420 g/mol. The fraction of sp³-hybridized carbons (Fsp3) is 0.312. The number of benzene rings is 1. The van der Waals surface area contributed by atoms with Crippen LogP contribution in [-0.2, 0) is 6.18 Å². The van der Waals surface area contributed by atoms with Crippen LogP contribution >= 0.6 is 23.2 Å². The van der Waals surface area contributed by atoms with E-state index in [4.69, 9.17) is 23.2 Å². The molecule has 0 atom stereocenters. The van der Waals surface area contributed by atoms with Crippen LogP contribution in [0.2, 0.25) is 10.0 Å². The molecule has 150 valence electrons. The first kappa shape index (κ1) is 20.3. The molecule has 0 unspecified atom stereocenters. The van der Waals surface area contributed by atoms with E-state index in [9.17, 15) is 18.0 Å². The molecule has 1 aromatic carbocycles. The lowest BCUT2D eigenvalue weighted by molar-refractivity contribution is -0.137. The zero-order valence-corrected chi connectivity index (χ0v) is 15.8. The minimum Gasteiger partial charge on any atom is -0.368 e. The number of alkyl halides is 3. The van der Waals surface area contributed by atoms with E-state index in [2.05, 4.69) is 25.9 Å². The van der Waals surface area contributed by atoms with Crippen molar-refractivity contribution in [3.8, 4) is 0 Å². The van der Waals surface area contributed by atoms with Gasteiger partial charge < -0.3 is 20.9 Å². The van der Waals surface area contributed by atoms with E-state index in [1.165, 1.54) is 17.0 Å². The van der Waals surface area contributed by atoms with E-state index in [-0.39, 0.29) is 35.9 Å². The third kappa shape index (κ3) is 4.87. The molecule has 0 radical (unpaired) electrons. The summed E-state index contributed by atoms with van der Waals surface area (Å²) in [6.45, 7) is 1.35. The fourth-order valence-corrected chi connectivity index (χ4v) is 2.82. The molecule has 3 N–H and O–H groups in total. The quantitative estimate of drug-likeness (QED) is 0.640. The summed E-state index contributed by atoms with van der Waals surface area (Å²) < 4.78 is 39.7. The lowest BCUT2D eigenvalue weighted by Crippen LogP contribution is -2.32. The number of anilines is 3. The van der Waals surface area contributed by atoms with Crippen LogP contribution in [0.3, 0.4) is 0 Å². The van der Waals surface area contributed by atoms with E-state index in [1.807, 2.05) is 0 Å². The Bertz CT molecular complexity index is 880. The number of rotatable bonds is 6. The van der Waals surface area contributed by atoms with Crippen LogP contribution in [-0.4, -0.2) is 47.1 Å². The molecule has 0 aliphatic carbocycles. The van der Waals surface area contributed by atoms with Gasteiger partial charge in [-0.3, -0.25) is 0 Å². The van der Waals surface area contributed by atoms with E-state index in [0.29, 0.717) is 30.0 Å². The second-order valence-corrected chi connectivity index (χ2v) is 6.67. The maximum Gasteiger partial charge on any atom is 0.421 e. The van der Waals surface area contributed by atoms with E-state index in [1.54, 1.807) is 6.07 Å². The van der Waals surface area contributed by atoms with E-state index < -0.39 is 11.7 Å². The zero-order valence-electron chi connectivity index (χ0n) is 14.3. The molecule has 7 nitrogen and oxygen atoms in total. The third-order valence-corrected chi connectivity index (χ3v) is 4.63. The Morgan fingerprint density at radius 3 is 2.68 bits per heavy atom. The van der Waals surface area contributed by atoms with Gasteiger partial charge in [-0.15, -0.1) is 0 Å². The van der Waals surface area contributed by atoms with Crippen LogP contribution in [0, 0.1) is 0 Å². The topological polar surface area (TPSA) is 82.2 Å². The molecule has 1 fully saturated rings. The van der Waals surface area contributed by atoms with Crippen LogP contribution in [0.15, 0.2) is 24.4 Å². The normalized spacial score (nSPS) is 14.2. The van der Waals surface area contributed by atoms with Gasteiger partial charge in [-0.25, -0.2) is 9.78 Å². The molecule has 2 aromatic rings. The molecule has 1 aliphatic rings. The molecule has 1 aromatic heterocycles. The van der Waals surface area contributed by atoms with Crippen LogP contribution in [0.5, 0.6) is 0 Å².